The number of halogens is 1. The molecular weight excluding hydrogens is 462 g/mol. The highest BCUT2D eigenvalue weighted by atomic mass is 79.9. The number of carbonyl (C=O) groups excluding carboxylic acids is 3. The fraction of sp³-hybridized carbons (Fsp3) is 0.450. The summed E-state index contributed by atoms with van der Waals surface area (Å²) in [6.07, 6.45) is 1.53. The van der Waals surface area contributed by atoms with E-state index in [-0.39, 0.29) is 11.0 Å². The molecule has 1 saturated heterocycles. The van der Waals surface area contributed by atoms with Gasteiger partial charge in [0.15, 0.2) is 11.5 Å². The van der Waals surface area contributed by atoms with E-state index in [4.69, 9.17) is 14.2 Å². The zero-order valence-corrected chi connectivity index (χ0v) is 19.6. The number of esters is 1. The summed E-state index contributed by atoms with van der Waals surface area (Å²) < 4.78 is 17.0. The quantitative estimate of drug-likeness (QED) is 0.429. The predicted octanol–water partition coefficient (Wildman–Crippen LogP) is 4.62. The van der Waals surface area contributed by atoms with E-state index in [2.05, 4.69) is 15.9 Å². The number of thioether (sulfide) groups is 1. The van der Waals surface area contributed by atoms with Crippen molar-refractivity contribution in [2.45, 2.75) is 46.3 Å². The molecule has 0 spiro atoms. The van der Waals surface area contributed by atoms with Crippen LogP contribution in [-0.2, 0) is 14.3 Å². The van der Waals surface area contributed by atoms with Crippen LogP contribution >= 0.6 is 27.7 Å². The number of ether oxygens (including phenoxy) is 3. The molecule has 9 heteroatoms. The number of rotatable bonds is 6. The lowest BCUT2D eigenvalue weighted by atomic mass is 10.1. The minimum atomic E-state index is -0.697. The topological polar surface area (TPSA) is 82.1 Å². The van der Waals surface area contributed by atoms with E-state index in [0.29, 0.717) is 21.5 Å². The number of carbonyl (C=O) groups is 3. The lowest BCUT2D eigenvalue weighted by Crippen LogP contribution is -2.37. The Hall–Kier alpha value is -2.00. The van der Waals surface area contributed by atoms with E-state index in [1.165, 1.54) is 7.11 Å². The third kappa shape index (κ3) is 6.24. The van der Waals surface area contributed by atoms with Crippen molar-refractivity contribution in [2.24, 2.45) is 0 Å². The van der Waals surface area contributed by atoms with Crippen molar-refractivity contribution >= 4 is 50.9 Å². The standard InChI is InChI=1S/C20H24BrNO6S/c1-11(2)27-17-13(21)7-12(8-14(17)26-6)9-15-18(24)22(19(25)29-15)10-16(23)28-20(3,4)5/h7-9,11H,10H2,1-6H3. The predicted molar refractivity (Wildman–Crippen MR) is 115 cm³/mol. The van der Waals surface area contributed by atoms with Crippen molar-refractivity contribution in [3.8, 4) is 11.5 Å². The van der Waals surface area contributed by atoms with E-state index in [0.717, 1.165) is 16.7 Å². The van der Waals surface area contributed by atoms with E-state index in [1.54, 1.807) is 39.0 Å². The number of amides is 2. The smallest absolute Gasteiger partial charge is 0.326 e. The van der Waals surface area contributed by atoms with E-state index in [9.17, 15) is 14.4 Å². The van der Waals surface area contributed by atoms with E-state index in [1.807, 2.05) is 13.8 Å². The van der Waals surface area contributed by atoms with Gasteiger partial charge in [-0.2, -0.15) is 0 Å². The first-order valence-corrected chi connectivity index (χ1v) is 10.5. The minimum absolute atomic E-state index is 0.0459. The Balaban J connectivity index is 2.25. The van der Waals surface area contributed by atoms with Crippen LogP contribution in [0.5, 0.6) is 11.5 Å². The van der Waals surface area contributed by atoms with Crippen LogP contribution in [0.15, 0.2) is 21.5 Å². The maximum absolute atomic E-state index is 12.6. The molecule has 0 saturated carbocycles. The first-order chi connectivity index (χ1) is 13.4. The summed E-state index contributed by atoms with van der Waals surface area (Å²) in [4.78, 5) is 37.9. The van der Waals surface area contributed by atoms with Gasteiger partial charge in [0.2, 0.25) is 0 Å². The molecule has 0 N–H and O–H groups in total. The molecule has 1 aliphatic rings. The van der Waals surface area contributed by atoms with Crippen molar-refractivity contribution in [3.05, 3.63) is 27.1 Å². The number of hydrogen-bond donors (Lipinski definition) is 0. The maximum Gasteiger partial charge on any atom is 0.326 e. The average Bonchev–Trinajstić information content (AvgIpc) is 2.82. The van der Waals surface area contributed by atoms with Crippen LogP contribution in [-0.4, -0.2) is 47.4 Å². The third-order valence-electron chi connectivity index (χ3n) is 3.48. The number of benzene rings is 1. The van der Waals surface area contributed by atoms with Crippen LogP contribution in [0.2, 0.25) is 0 Å². The highest BCUT2D eigenvalue weighted by molar-refractivity contribution is 9.10. The van der Waals surface area contributed by atoms with Gasteiger partial charge in [-0.3, -0.25) is 19.3 Å². The minimum Gasteiger partial charge on any atom is -0.493 e. The molecule has 2 rings (SSSR count). The Labute approximate surface area is 182 Å². The van der Waals surface area contributed by atoms with Crippen LogP contribution in [0.4, 0.5) is 4.79 Å². The Kier molecular flexibility index (Phi) is 7.40. The third-order valence-corrected chi connectivity index (χ3v) is 4.98. The molecular formula is C20H24BrNO6S. The maximum atomic E-state index is 12.6. The molecule has 1 fully saturated rings. The largest absolute Gasteiger partial charge is 0.493 e. The summed E-state index contributed by atoms with van der Waals surface area (Å²) in [7, 11) is 1.52. The Morgan fingerprint density at radius 2 is 1.93 bits per heavy atom. The molecule has 1 aromatic rings. The second-order valence-corrected chi connectivity index (χ2v) is 9.40. The average molecular weight is 486 g/mol. The van der Waals surface area contributed by atoms with Gasteiger partial charge >= 0.3 is 5.97 Å². The van der Waals surface area contributed by atoms with Crippen LogP contribution in [0.1, 0.15) is 40.2 Å². The van der Waals surface area contributed by atoms with Crippen LogP contribution in [0.3, 0.4) is 0 Å². The Morgan fingerprint density at radius 1 is 1.28 bits per heavy atom. The van der Waals surface area contributed by atoms with Gasteiger partial charge in [0, 0.05) is 0 Å². The fourth-order valence-electron chi connectivity index (χ4n) is 2.46. The van der Waals surface area contributed by atoms with Crippen molar-refractivity contribution in [2.75, 3.05) is 13.7 Å². The van der Waals surface area contributed by atoms with Crippen LogP contribution in [0.25, 0.3) is 6.08 Å². The van der Waals surface area contributed by atoms with Crippen LogP contribution < -0.4 is 9.47 Å². The highest BCUT2D eigenvalue weighted by Gasteiger charge is 2.37. The zero-order valence-electron chi connectivity index (χ0n) is 17.2. The number of nitrogens with zero attached hydrogens (tertiary/aromatic N) is 1. The van der Waals surface area contributed by atoms with Gasteiger partial charge in [0.25, 0.3) is 11.1 Å². The second kappa shape index (κ2) is 9.21. The molecule has 1 aromatic carbocycles. The van der Waals surface area contributed by atoms with Crippen molar-refractivity contribution in [1.29, 1.82) is 0 Å². The number of methoxy groups -OCH3 is 1. The summed E-state index contributed by atoms with van der Waals surface area (Å²) in [6.45, 7) is 8.54. The Bertz CT molecular complexity index is 859. The van der Waals surface area contributed by atoms with E-state index >= 15 is 0 Å². The monoisotopic (exact) mass is 485 g/mol. The SMILES string of the molecule is COc1cc(C=C2SC(=O)N(CC(=O)OC(C)(C)C)C2=O)cc(Br)c1OC(C)C. The van der Waals surface area contributed by atoms with Crippen molar-refractivity contribution < 1.29 is 28.6 Å². The normalized spacial score (nSPS) is 16.0. The molecule has 0 atom stereocenters. The first-order valence-electron chi connectivity index (χ1n) is 8.92. The van der Waals surface area contributed by atoms with Gasteiger partial charge in [0.1, 0.15) is 12.1 Å². The van der Waals surface area contributed by atoms with Crippen molar-refractivity contribution in [1.82, 2.24) is 4.90 Å². The molecule has 1 aliphatic heterocycles. The molecule has 158 valence electrons. The zero-order chi connectivity index (χ0) is 21.9. The summed E-state index contributed by atoms with van der Waals surface area (Å²) in [5, 5.41) is -0.516. The summed E-state index contributed by atoms with van der Waals surface area (Å²) in [5.74, 6) is -0.130. The summed E-state index contributed by atoms with van der Waals surface area (Å²) >= 11 is 4.23. The highest BCUT2D eigenvalue weighted by Crippen LogP contribution is 2.39. The van der Waals surface area contributed by atoms with Gasteiger partial charge in [0.05, 0.1) is 22.6 Å². The Morgan fingerprint density at radius 3 is 2.48 bits per heavy atom. The molecule has 1 heterocycles. The molecule has 2 amide bonds. The molecule has 0 bridgehead atoms. The van der Waals surface area contributed by atoms with E-state index < -0.39 is 29.3 Å². The van der Waals surface area contributed by atoms with Crippen molar-refractivity contribution in [3.63, 3.8) is 0 Å². The van der Waals surface area contributed by atoms with Gasteiger partial charge in [-0.25, -0.2) is 0 Å². The molecule has 0 unspecified atom stereocenters. The lowest BCUT2D eigenvalue weighted by Gasteiger charge is -2.21. The second-order valence-electron chi connectivity index (χ2n) is 7.56. The lowest BCUT2D eigenvalue weighted by molar-refractivity contribution is -0.156. The molecule has 0 aliphatic carbocycles. The molecule has 7 nitrogen and oxygen atoms in total. The van der Waals surface area contributed by atoms with Gasteiger partial charge in [-0.1, -0.05) is 0 Å². The molecule has 29 heavy (non-hydrogen) atoms. The van der Waals surface area contributed by atoms with Gasteiger partial charge in [-0.05, 0) is 86.1 Å². The summed E-state index contributed by atoms with van der Waals surface area (Å²) in [6, 6.07) is 3.48. The van der Waals surface area contributed by atoms with Gasteiger partial charge < -0.3 is 14.2 Å². The first kappa shape index (κ1) is 23.3. The van der Waals surface area contributed by atoms with Gasteiger partial charge in [-0.15, -0.1) is 0 Å². The fourth-order valence-corrected chi connectivity index (χ4v) is 3.86. The number of imide groups is 1. The summed E-state index contributed by atoms with van der Waals surface area (Å²) in [5.41, 5.74) is -0.0511. The molecule has 0 aromatic heterocycles. The van der Waals surface area contributed by atoms with Crippen LogP contribution in [0, 0.1) is 0 Å². The number of hydrogen-bond acceptors (Lipinski definition) is 7. The molecule has 0 radical (unpaired) electrons.